The Labute approximate surface area is 156 Å². The molecule has 3 aliphatic rings. The lowest BCUT2D eigenvalue weighted by atomic mass is 9.76. The molecule has 1 spiro atoms. The molecule has 1 aromatic carbocycles. The molecule has 3 fully saturated rings. The highest BCUT2D eigenvalue weighted by molar-refractivity contribution is 6.00. The summed E-state index contributed by atoms with van der Waals surface area (Å²) in [5.74, 6) is 0.174. The van der Waals surface area contributed by atoms with Gasteiger partial charge in [0.25, 0.3) is 5.91 Å². The number of benzene rings is 1. The van der Waals surface area contributed by atoms with Crippen molar-refractivity contribution in [3.8, 4) is 0 Å². The SMILES string of the molecule is CO[C@@H]1CCC[C@@]12CCCN(C(=O)c1ccccc1N1CCOCC1)C2. The third-order valence-electron chi connectivity index (χ3n) is 6.49. The Balaban J connectivity index is 1.56. The fourth-order valence-corrected chi connectivity index (χ4v) is 5.18. The first-order chi connectivity index (χ1) is 12.7. The maximum absolute atomic E-state index is 13.4. The number of amides is 1. The predicted octanol–water partition coefficient (Wildman–Crippen LogP) is 2.94. The van der Waals surface area contributed by atoms with Gasteiger partial charge >= 0.3 is 0 Å². The van der Waals surface area contributed by atoms with Crippen LogP contribution in [0, 0.1) is 5.41 Å². The first-order valence-corrected chi connectivity index (χ1v) is 9.97. The van der Waals surface area contributed by atoms with Crippen molar-refractivity contribution in [1.29, 1.82) is 0 Å². The number of ether oxygens (including phenoxy) is 2. The lowest BCUT2D eigenvalue weighted by Crippen LogP contribution is -2.50. The summed E-state index contributed by atoms with van der Waals surface area (Å²) in [5, 5.41) is 0. The highest BCUT2D eigenvalue weighted by Crippen LogP contribution is 2.46. The Morgan fingerprint density at radius 3 is 2.73 bits per heavy atom. The van der Waals surface area contributed by atoms with Crippen LogP contribution in [-0.2, 0) is 9.47 Å². The molecular formula is C21H30N2O3. The van der Waals surface area contributed by atoms with Gasteiger partial charge in [-0.25, -0.2) is 0 Å². The minimum Gasteiger partial charge on any atom is -0.381 e. The number of morpholine rings is 1. The third kappa shape index (κ3) is 3.23. The van der Waals surface area contributed by atoms with E-state index in [1.165, 1.54) is 19.3 Å². The molecular weight excluding hydrogens is 328 g/mol. The Morgan fingerprint density at radius 2 is 1.92 bits per heavy atom. The minimum absolute atomic E-state index is 0.163. The molecule has 1 aliphatic carbocycles. The van der Waals surface area contributed by atoms with Crippen molar-refractivity contribution in [3.05, 3.63) is 29.8 Å². The van der Waals surface area contributed by atoms with Gasteiger partial charge in [0, 0.05) is 44.4 Å². The first-order valence-electron chi connectivity index (χ1n) is 9.97. The van der Waals surface area contributed by atoms with Crippen molar-refractivity contribution in [1.82, 2.24) is 4.90 Å². The average Bonchev–Trinajstić information content (AvgIpc) is 3.09. The molecule has 2 atom stereocenters. The monoisotopic (exact) mass is 358 g/mol. The molecule has 5 heteroatoms. The molecule has 0 radical (unpaired) electrons. The van der Waals surface area contributed by atoms with Crippen LogP contribution >= 0.6 is 0 Å². The number of hydrogen-bond acceptors (Lipinski definition) is 4. The smallest absolute Gasteiger partial charge is 0.255 e. The molecule has 0 N–H and O–H groups in total. The van der Waals surface area contributed by atoms with Crippen LogP contribution < -0.4 is 4.90 Å². The van der Waals surface area contributed by atoms with Gasteiger partial charge in [-0.1, -0.05) is 18.6 Å². The summed E-state index contributed by atoms with van der Waals surface area (Å²) in [6, 6.07) is 8.06. The normalized spacial score (nSPS) is 29.3. The summed E-state index contributed by atoms with van der Waals surface area (Å²) in [6.07, 6.45) is 6.08. The molecule has 4 rings (SSSR count). The quantitative estimate of drug-likeness (QED) is 0.833. The molecule has 0 unspecified atom stereocenters. The van der Waals surface area contributed by atoms with E-state index in [-0.39, 0.29) is 11.3 Å². The molecule has 5 nitrogen and oxygen atoms in total. The van der Waals surface area contributed by atoms with Crippen LogP contribution in [0.4, 0.5) is 5.69 Å². The molecule has 2 heterocycles. The van der Waals surface area contributed by atoms with Gasteiger partial charge in [-0.2, -0.15) is 0 Å². The van der Waals surface area contributed by atoms with E-state index in [4.69, 9.17) is 9.47 Å². The Hall–Kier alpha value is -1.59. The average molecular weight is 358 g/mol. The van der Waals surface area contributed by atoms with E-state index in [0.717, 1.165) is 63.5 Å². The van der Waals surface area contributed by atoms with Crippen LogP contribution in [0.15, 0.2) is 24.3 Å². The highest BCUT2D eigenvalue weighted by Gasteiger charge is 2.46. The maximum Gasteiger partial charge on any atom is 0.255 e. The van der Waals surface area contributed by atoms with E-state index >= 15 is 0 Å². The van der Waals surface area contributed by atoms with E-state index in [9.17, 15) is 4.79 Å². The lowest BCUT2D eigenvalue weighted by Gasteiger charge is -2.44. The fourth-order valence-electron chi connectivity index (χ4n) is 5.18. The summed E-state index contributed by atoms with van der Waals surface area (Å²) in [7, 11) is 1.83. The van der Waals surface area contributed by atoms with Crippen LogP contribution in [0.3, 0.4) is 0 Å². The second kappa shape index (κ2) is 7.57. The van der Waals surface area contributed by atoms with Gasteiger partial charge in [0.05, 0.1) is 24.9 Å². The van der Waals surface area contributed by atoms with Crippen LogP contribution in [-0.4, -0.2) is 63.4 Å². The molecule has 1 saturated carbocycles. The number of para-hydroxylation sites is 1. The van der Waals surface area contributed by atoms with E-state index in [0.29, 0.717) is 6.10 Å². The Kier molecular flexibility index (Phi) is 5.18. The van der Waals surface area contributed by atoms with E-state index in [1.807, 2.05) is 25.3 Å². The van der Waals surface area contributed by atoms with Crippen molar-refractivity contribution in [2.24, 2.45) is 5.41 Å². The Morgan fingerprint density at radius 1 is 1.15 bits per heavy atom. The summed E-state index contributed by atoms with van der Waals surface area (Å²) in [5.41, 5.74) is 2.05. The third-order valence-corrected chi connectivity index (χ3v) is 6.49. The van der Waals surface area contributed by atoms with Crippen molar-refractivity contribution in [2.45, 2.75) is 38.2 Å². The van der Waals surface area contributed by atoms with E-state index < -0.39 is 0 Å². The maximum atomic E-state index is 13.4. The zero-order valence-corrected chi connectivity index (χ0v) is 15.8. The van der Waals surface area contributed by atoms with Crippen LogP contribution in [0.2, 0.25) is 0 Å². The second-order valence-corrected chi connectivity index (χ2v) is 7.93. The molecule has 0 aromatic heterocycles. The number of anilines is 1. The van der Waals surface area contributed by atoms with Gasteiger partial charge in [0.2, 0.25) is 0 Å². The topological polar surface area (TPSA) is 42.0 Å². The number of hydrogen-bond donors (Lipinski definition) is 0. The molecule has 2 saturated heterocycles. The van der Waals surface area contributed by atoms with Gasteiger partial charge in [-0.05, 0) is 37.8 Å². The first kappa shape index (κ1) is 17.8. The van der Waals surface area contributed by atoms with Crippen molar-refractivity contribution >= 4 is 11.6 Å². The molecule has 26 heavy (non-hydrogen) atoms. The van der Waals surface area contributed by atoms with Crippen molar-refractivity contribution in [3.63, 3.8) is 0 Å². The van der Waals surface area contributed by atoms with Crippen LogP contribution in [0.1, 0.15) is 42.5 Å². The number of nitrogens with zero attached hydrogens (tertiary/aromatic N) is 2. The molecule has 142 valence electrons. The lowest BCUT2D eigenvalue weighted by molar-refractivity contribution is -0.0295. The molecule has 1 aromatic rings. The summed E-state index contributed by atoms with van der Waals surface area (Å²) in [6.45, 7) is 4.84. The standard InChI is InChI=1S/C21H30N2O3/c1-25-19-8-4-9-21(19)10-5-11-23(16-21)20(24)17-6-2-3-7-18(17)22-12-14-26-15-13-22/h2-3,6-7,19H,4-5,8-16H2,1H3/t19-,21+/m1/s1. The number of likely N-dealkylation sites (tertiary alicyclic amines) is 1. The minimum atomic E-state index is 0.163. The molecule has 1 amide bonds. The second-order valence-electron chi connectivity index (χ2n) is 7.93. The molecule has 2 aliphatic heterocycles. The zero-order valence-electron chi connectivity index (χ0n) is 15.8. The van der Waals surface area contributed by atoms with Crippen LogP contribution in [0.25, 0.3) is 0 Å². The number of rotatable bonds is 3. The van der Waals surface area contributed by atoms with E-state index in [2.05, 4.69) is 15.9 Å². The zero-order chi connectivity index (χ0) is 18.0. The van der Waals surface area contributed by atoms with Crippen molar-refractivity contribution in [2.75, 3.05) is 51.4 Å². The summed E-state index contributed by atoms with van der Waals surface area (Å²) >= 11 is 0. The predicted molar refractivity (Wildman–Crippen MR) is 102 cm³/mol. The number of methoxy groups -OCH3 is 1. The van der Waals surface area contributed by atoms with Gasteiger partial charge in [-0.15, -0.1) is 0 Å². The summed E-state index contributed by atoms with van der Waals surface area (Å²) in [4.78, 5) is 17.8. The van der Waals surface area contributed by atoms with Crippen molar-refractivity contribution < 1.29 is 14.3 Å². The van der Waals surface area contributed by atoms with E-state index in [1.54, 1.807) is 0 Å². The van der Waals surface area contributed by atoms with Gasteiger partial charge in [0.15, 0.2) is 0 Å². The van der Waals surface area contributed by atoms with Gasteiger partial charge in [0.1, 0.15) is 0 Å². The molecule has 0 bridgehead atoms. The number of carbonyl (C=O) groups is 1. The number of piperidine rings is 1. The van der Waals surface area contributed by atoms with Gasteiger partial charge < -0.3 is 19.3 Å². The Bertz CT molecular complexity index is 644. The largest absolute Gasteiger partial charge is 0.381 e. The highest BCUT2D eigenvalue weighted by atomic mass is 16.5. The number of carbonyl (C=O) groups excluding carboxylic acids is 1. The summed E-state index contributed by atoms with van der Waals surface area (Å²) < 4.78 is 11.3. The van der Waals surface area contributed by atoms with Crippen LogP contribution in [0.5, 0.6) is 0 Å². The van der Waals surface area contributed by atoms with Gasteiger partial charge in [-0.3, -0.25) is 4.79 Å². The fraction of sp³-hybridized carbons (Fsp3) is 0.667.